The molecule has 1 fully saturated rings. The van der Waals surface area contributed by atoms with Crippen LogP contribution in [0.25, 0.3) is 0 Å². The molecule has 6 atom stereocenters. The van der Waals surface area contributed by atoms with Gasteiger partial charge in [-0.2, -0.15) is 0 Å². The number of unbranched alkanes of at least 4 members (excludes halogenated alkanes) is 11. The molecule has 0 bridgehead atoms. The van der Waals surface area contributed by atoms with E-state index in [9.17, 15) is 30.0 Å². The molecule has 0 aliphatic carbocycles. The van der Waals surface area contributed by atoms with Gasteiger partial charge in [0.05, 0.1) is 24.9 Å². The van der Waals surface area contributed by atoms with E-state index in [0.29, 0.717) is 32.1 Å². The number of rotatable bonds is 28. The first-order valence-electron chi connectivity index (χ1n) is 18.6. The molecule has 0 aromatic heterocycles. The second-order valence-electron chi connectivity index (χ2n) is 13.7. The minimum atomic E-state index is -1.05. The van der Waals surface area contributed by atoms with Crippen LogP contribution < -0.4 is 0 Å². The van der Waals surface area contributed by atoms with Gasteiger partial charge in [-0.05, 0) is 38.0 Å². The molecule has 1 heterocycles. The number of esters is 2. The fourth-order valence-electron chi connectivity index (χ4n) is 5.78. The highest BCUT2D eigenvalue weighted by Crippen LogP contribution is 2.29. The molecule has 0 radical (unpaired) electrons. The fourth-order valence-corrected chi connectivity index (χ4v) is 5.78. The number of aliphatic hydroxyl groups is 4. The van der Waals surface area contributed by atoms with E-state index in [1.165, 1.54) is 44.9 Å². The van der Waals surface area contributed by atoms with Crippen LogP contribution in [-0.2, 0) is 23.8 Å². The predicted octanol–water partition coefficient (Wildman–Crippen LogP) is 7.08. The molecule has 1 saturated heterocycles. The first kappa shape index (κ1) is 43.2. The van der Waals surface area contributed by atoms with Crippen molar-refractivity contribution in [2.45, 2.75) is 180 Å². The molecule has 47 heavy (non-hydrogen) atoms. The Bertz CT molecular complexity index is 843. The number of ether oxygens (including phenoxy) is 3. The lowest BCUT2D eigenvalue weighted by molar-refractivity contribution is -0.199. The summed E-state index contributed by atoms with van der Waals surface area (Å²) in [4.78, 5) is 24.4. The summed E-state index contributed by atoms with van der Waals surface area (Å²) >= 11 is 0. The summed E-state index contributed by atoms with van der Waals surface area (Å²) in [6.07, 6.45) is 21.5. The second-order valence-corrected chi connectivity index (χ2v) is 13.7. The van der Waals surface area contributed by atoms with Crippen LogP contribution in [0.15, 0.2) is 24.3 Å². The highest BCUT2D eigenvalue weighted by Gasteiger charge is 2.35. The van der Waals surface area contributed by atoms with Crippen LogP contribution in [0.2, 0.25) is 0 Å². The van der Waals surface area contributed by atoms with Gasteiger partial charge in [0.1, 0.15) is 6.61 Å². The van der Waals surface area contributed by atoms with E-state index in [1.54, 1.807) is 12.2 Å². The van der Waals surface area contributed by atoms with Gasteiger partial charge < -0.3 is 34.6 Å². The molecule has 9 heteroatoms. The lowest BCUT2D eigenvalue weighted by Gasteiger charge is -2.36. The highest BCUT2D eigenvalue weighted by atomic mass is 16.6. The Morgan fingerprint density at radius 3 is 2.15 bits per heavy atom. The van der Waals surface area contributed by atoms with Crippen molar-refractivity contribution in [2.75, 3.05) is 13.2 Å². The molecular formula is C38H68O9. The molecule has 0 spiro atoms. The van der Waals surface area contributed by atoms with Gasteiger partial charge in [0.15, 0.2) is 12.4 Å². The van der Waals surface area contributed by atoms with Crippen molar-refractivity contribution in [1.82, 2.24) is 0 Å². The van der Waals surface area contributed by atoms with Gasteiger partial charge in [-0.25, -0.2) is 0 Å². The van der Waals surface area contributed by atoms with Gasteiger partial charge in [-0.3, -0.25) is 9.59 Å². The van der Waals surface area contributed by atoms with Crippen molar-refractivity contribution < 1.29 is 44.2 Å². The Hall–Kier alpha value is -1.78. The zero-order chi connectivity index (χ0) is 34.7. The van der Waals surface area contributed by atoms with Crippen LogP contribution in [0.4, 0.5) is 0 Å². The first-order valence-corrected chi connectivity index (χ1v) is 18.6. The van der Waals surface area contributed by atoms with E-state index >= 15 is 0 Å². The molecule has 9 nitrogen and oxygen atoms in total. The van der Waals surface area contributed by atoms with E-state index in [4.69, 9.17) is 14.2 Å². The van der Waals surface area contributed by atoms with Gasteiger partial charge in [0, 0.05) is 25.2 Å². The summed E-state index contributed by atoms with van der Waals surface area (Å²) in [5, 5.41) is 40.3. The van der Waals surface area contributed by atoms with E-state index in [2.05, 4.69) is 20.8 Å². The molecule has 1 unspecified atom stereocenters. The standard InChI is InChI=1S/C38H68O9/c1-4-5-15-21-31(40)25-26-35-33(34(41)27-38(44)47-35)22-17-13-14-19-24-37(43)46-32(28-39)29-45-36(42)23-18-12-10-8-6-7-9-11-16-20-30(2)3/h13,17,25-26,30-35,38-41,44H,4-12,14-16,18-24,27-29H2,1-3H3/b17-13-,26-25+/t31-,32-,33-,34-,35+,38?/m0/s1. The maximum atomic E-state index is 12.3. The molecule has 1 aliphatic rings. The summed E-state index contributed by atoms with van der Waals surface area (Å²) in [5.74, 6) is -0.254. The third-order valence-electron chi connectivity index (χ3n) is 8.72. The average Bonchev–Trinajstić information content (AvgIpc) is 3.03. The zero-order valence-electron chi connectivity index (χ0n) is 29.7. The Morgan fingerprint density at radius 2 is 1.49 bits per heavy atom. The summed E-state index contributed by atoms with van der Waals surface area (Å²) in [6, 6.07) is 0. The summed E-state index contributed by atoms with van der Waals surface area (Å²) in [5.41, 5.74) is 0. The van der Waals surface area contributed by atoms with Crippen LogP contribution in [0, 0.1) is 11.8 Å². The summed E-state index contributed by atoms with van der Waals surface area (Å²) in [6.45, 7) is 6.09. The smallest absolute Gasteiger partial charge is 0.306 e. The number of carbonyl (C=O) groups excluding carboxylic acids is 2. The molecule has 4 N–H and O–H groups in total. The van der Waals surface area contributed by atoms with Gasteiger partial charge in [-0.15, -0.1) is 0 Å². The van der Waals surface area contributed by atoms with Crippen molar-refractivity contribution in [3.05, 3.63) is 24.3 Å². The van der Waals surface area contributed by atoms with Gasteiger partial charge in [0.25, 0.3) is 0 Å². The second kappa shape index (κ2) is 28.1. The Kier molecular flexibility index (Phi) is 25.9. The maximum absolute atomic E-state index is 12.3. The molecule has 274 valence electrons. The quantitative estimate of drug-likeness (QED) is 0.0391. The monoisotopic (exact) mass is 668 g/mol. The van der Waals surface area contributed by atoms with Crippen molar-refractivity contribution in [3.63, 3.8) is 0 Å². The molecule has 1 aliphatic heterocycles. The fraction of sp³-hybridized carbons (Fsp3) is 0.842. The molecule has 0 saturated carbocycles. The van der Waals surface area contributed by atoms with E-state index in [1.807, 2.05) is 12.2 Å². The van der Waals surface area contributed by atoms with Crippen molar-refractivity contribution in [2.24, 2.45) is 11.8 Å². The summed E-state index contributed by atoms with van der Waals surface area (Å²) in [7, 11) is 0. The largest absolute Gasteiger partial charge is 0.462 e. The SMILES string of the molecule is CCCCC[C@H](O)/C=C/[C@H]1OC(O)C[C@H](O)[C@@H]1C/C=C\CCCC(=O)O[C@@H](CO)COC(=O)CCCCCCCCCCCC(C)C. The molecule has 0 aromatic carbocycles. The maximum Gasteiger partial charge on any atom is 0.306 e. The Labute approximate surface area is 285 Å². The van der Waals surface area contributed by atoms with Crippen molar-refractivity contribution >= 4 is 11.9 Å². The molecule has 1 rings (SSSR count). The Balaban J connectivity index is 2.21. The minimum Gasteiger partial charge on any atom is -0.462 e. The Morgan fingerprint density at radius 1 is 0.851 bits per heavy atom. The van der Waals surface area contributed by atoms with Crippen molar-refractivity contribution in [3.8, 4) is 0 Å². The molecule has 0 amide bonds. The van der Waals surface area contributed by atoms with Crippen LogP contribution in [0.5, 0.6) is 0 Å². The van der Waals surface area contributed by atoms with Crippen LogP contribution in [0.1, 0.15) is 149 Å². The predicted molar refractivity (Wildman–Crippen MR) is 185 cm³/mol. The van der Waals surface area contributed by atoms with Crippen LogP contribution in [0.3, 0.4) is 0 Å². The van der Waals surface area contributed by atoms with Crippen LogP contribution >= 0.6 is 0 Å². The third-order valence-corrected chi connectivity index (χ3v) is 8.72. The van der Waals surface area contributed by atoms with Gasteiger partial charge >= 0.3 is 11.9 Å². The zero-order valence-corrected chi connectivity index (χ0v) is 29.7. The normalized spacial score (nSPS) is 21.4. The lowest BCUT2D eigenvalue weighted by atomic mass is 9.87. The number of hydrogen-bond donors (Lipinski definition) is 4. The van der Waals surface area contributed by atoms with Crippen LogP contribution in [-0.4, -0.2) is 76.3 Å². The van der Waals surface area contributed by atoms with Gasteiger partial charge in [0.2, 0.25) is 0 Å². The average molecular weight is 669 g/mol. The topological polar surface area (TPSA) is 143 Å². The highest BCUT2D eigenvalue weighted by molar-refractivity contribution is 5.70. The number of allylic oxidation sites excluding steroid dienone is 2. The minimum absolute atomic E-state index is 0.133. The number of carbonyl (C=O) groups is 2. The van der Waals surface area contributed by atoms with Gasteiger partial charge in [-0.1, -0.05) is 122 Å². The van der Waals surface area contributed by atoms with E-state index in [0.717, 1.165) is 44.4 Å². The molecule has 0 aromatic rings. The number of aliphatic hydroxyl groups excluding tert-OH is 4. The summed E-state index contributed by atoms with van der Waals surface area (Å²) < 4.78 is 16.2. The molecular weight excluding hydrogens is 600 g/mol. The van der Waals surface area contributed by atoms with E-state index < -0.39 is 43.3 Å². The first-order chi connectivity index (χ1) is 22.7. The van der Waals surface area contributed by atoms with Crippen molar-refractivity contribution in [1.29, 1.82) is 0 Å². The number of hydrogen-bond acceptors (Lipinski definition) is 9. The van der Waals surface area contributed by atoms with E-state index in [-0.39, 0.29) is 31.3 Å². The lowest BCUT2D eigenvalue weighted by Crippen LogP contribution is -2.43. The third kappa shape index (κ3) is 23.3.